The zero-order chi connectivity index (χ0) is 13.6. The molecule has 0 aromatic heterocycles. The molecule has 108 valence electrons. The van der Waals surface area contributed by atoms with Crippen LogP contribution in [0.2, 0.25) is 0 Å². The van der Waals surface area contributed by atoms with Gasteiger partial charge in [-0.05, 0) is 12.8 Å². The topological polar surface area (TPSA) is 26.3 Å². The molecule has 0 saturated heterocycles. The van der Waals surface area contributed by atoms with Gasteiger partial charge in [-0.3, -0.25) is 0 Å². The Labute approximate surface area is 118 Å². The Morgan fingerprint density at radius 2 is 1.16 bits per heavy atom. The van der Waals surface area contributed by atoms with Crippen LogP contribution in [0.4, 0.5) is 0 Å². The number of carbonyl (C=O) groups is 1. The molecule has 1 aliphatic heterocycles. The number of hydrogen-bond acceptors (Lipinski definition) is 2. The van der Waals surface area contributed by atoms with Crippen LogP contribution in [0.3, 0.4) is 0 Å². The van der Waals surface area contributed by atoms with E-state index in [2.05, 4.69) is 11.8 Å². The second-order valence-corrected chi connectivity index (χ2v) is 5.43. The zero-order valence-electron chi connectivity index (χ0n) is 12.2. The molecule has 0 saturated carbocycles. The molecule has 0 unspecified atom stereocenters. The third-order valence-electron chi connectivity index (χ3n) is 3.62. The number of cyclic esters (lactones) is 1. The van der Waals surface area contributed by atoms with Crippen LogP contribution in [-0.4, -0.2) is 12.6 Å². The van der Waals surface area contributed by atoms with Crippen molar-refractivity contribution in [1.29, 1.82) is 0 Å². The maximum atomic E-state index is 11.3. The maximum absolute atomic E-state index is 11.3. The maximum Gasteiger partial charge on any atom is 0.384 e. The minimum absolute atomic E-state index is 0.346. The molecule has 0 aliphatic carbocycles. The van der Waals surface area contributed by atoms with E-state index in [-0.39, 0.29) is 5.97 Å². The van der Waals surface area contributed by atoms with Crippen molar-refractivity contribution in [2.45, 2.75) is 83.5 Å². The highest BCUT2D eigenvalue weighted by atomic mass is 16.5. The predicted molar refractivity (Wildman–Crippen MR) is 78.8 cm³/mol. The molecule has 0 fully saturated rings. The molecule has 1 aliphatic rings. The summed E-state index contributed by atoms with van der Waals surface area (Å²) in [7, 11) is 0. The zero-order valence-corrected chi connectivity index (χ0v) is 12.2. The summed E-state index contributed by atoms with van der Waals surface area (Å²) < 4.78 is 5.07. The van der Waals surface area contributed by atoms with Crippen molar-refractivity contribution in [1.82, 2.24) is 0 Å². The fraction of sp³-hybridized carbons (Fsp3) is 0.824. The number of hydrogen-bond donors (Lipinski definition) is 0. The highest BCUT2D eigenvalue weighted by Crippen LogP contribution is 2.12. The van der Waals surface area contributed by atoms with Crippen molar-refractivity contribution < 1.29 is 9.53 Å². The second-order valence-electron chi connectivity index (χ2n) is 5.43. The molecule has 1 heterocycles. The highest BCUT2D eigenvalue weighted by Gasteiger charge is 1.98. The minimum Gasteiger partial charge on any atom is -0.456 e. The van der Waals surface area contributed by atoms with Gasteiger partial charge in [0.05, 0.1) is 6.61 Å². The molecule has 0 spiro atoms. The summed E-state index contributed by atoms with van der Waals surface area (Å²) in [6.07, 6.45) is 16.1. The summed E-state index contributed by atoms with van der Waals surface area (Å²) in [6.45, 7) is 0.535. The van der Waals surface area contributed by atoms with Crippen LogP contribution < -0.4 is 0 Å². The largest absolute Gasteiger partial charge is 0.456 e. The van der Waals surface area contributed by atoms with Crippen LogP contribution >= 0.6 is 0 Å². The Kier molecular flexibility index (Phi) is 10.2. The normalized spacial score (nSPS) is 21.4. The van der Waals surface area contributed by atoms with E-state index in [1.165, 1.54) is 64.2 Å². The number of carbonyl (C=O) groups excluding carboxylic acids is 1. The van der Waals surface area contributed by atoms with E-state index in [1.54, 1.807) is 0 Å². The Hall–Kier alpha value is -0.970. The van der Waals surface area contributed by atoms with Crippen molar-refractivity contribution in [3.8, 4) is 11.8 Å². The van der Waals surface area contributed by atoms with E-state index < -0.39 is 0 Å². The number of ether oxygens (including phenoxy) is 1. The molecular weight excluding hydrogens is 236 g/mol. The van der Waals surface area contributed by atoms with Crippen molar-refractivity contribution >= 4 is 5.97 Å². The lowest BCUT2D eigenvalue weighted by molar-refractivity contribution is -0.136. The van der Waals surface area contributed by atoms with Gasteiger partial charge in [0.15, 0.2) is 0 Å². The van der Waals surface area contributed by atoms with Gasteiger partial charge < -0.3 is 4.74 Å². The van der Waals surface area contributed by atoms with E-state index in [9.17, 15) is 4.79 Å². The average molecular weight is 264 g/mol. The molecule has 0 aromatic rings. The summed E-state index contributed by atoms with van der Waals surface area (Å²) in [4.78, 5) is 11.3. The smallest absolute Gasteiger partial charge is 0.384 e. The van der Waals surface area contributed by atoms with Crippen LogP contribution in [0.5, 0.6) is 0 Å². The number of esters is 1. The SMILES string of the molecule is O=C1C#CCCCCCCCCCCCCCCO1. The molecule has 0 atom stereocenters. The first-order valence-corrected chi connectivity index (χ1v) is 8.05. The third kappa shape index (κ3) is 10.6. The first-order valence-electron chi connectivity index (χ1n) is 8.05. The lowest BCUT2D eigenvalue weighted by atomic mass is 10.0. The standard InChI is InChI=1S/C17H28O2/c18-17-15-13-11-9-7-5-3-1-2-4-6-8-10-12-14-16-19-17/h1-12,14,16H2. The molecule has 1 rings (SSSR count). The minimum atomic E-state index is -0.346. The molecular formula is C17H28O2. The van der Waals surface area contributed by atoms with Gasteiger partial charge in [0.2, 0.25) is 0 Å². The van der Waals surface area contributed by atoms with E-state index in [4.69, 9.17) is 4.74 Å². The van der Waals surface area contributed by atoms with Gasteiger partial charge in [-0.25, -0.2) is 4.79 Å². The second kappa shape index (κ2) is 12.1. The summed E-state index contributed by atoms with van der Waals surface area (Å²) in [5.41, 5.74) is 0. The van der Waals surface area contributed by atoms with Crippen LogP contribution in [0.25, 0.3) is 0 Å². The van der Waals surface area contributed by atoms with E-state index in [0.717, 1.165) is 19.3 Å². The highest BCUT2D eigenvalue weighted by molar-refractivity contribution is 5.88. The summed E-state index contributed by atoms with van der Waals surface area (Å²) in [5.74, 6) is 5.14. The van der Waals surface area contributed by atoms with Gasteiger partial charge in [0.1, 0.15) is 0 Å². The summed E-state index contributed by atoms with van der Waals surface area (Å²) in [6, 6.07) is 0. The molecule has 2 nitrogen and oxygen atoms in total. The average Bonchev–Trinajstić information content (AvgIpc) is 2.41. The van der Waals surface area contributed by atoms with Crippen LogP contribution in [0.15, 0.2) is 0 Å². The lowest BCUT2D eigenvalue weighted by Crippen LogP contribution is -2.02. The molecule has 2 heteroatoms. The van der Waals surface area contributed by atoms with Gasteiger partial charge >= 0.3 is 5.97 Å². The fourth-order valence-corrected chi connectivity index (χ4v) is 2.42. The fourth-order valence-electron chi connectivity index (χ4n) is 2.42. The first kappa shape index (κ1) is 16.1. The van der Waals surface area contributed by atoms with Gasteiger partial charge in [-0.15, -0.1) is 0 Å². The monoisotopic (exact) mass is 264 g/mol. The molecule has 19 heavy (non-hydrogen) atoms. The number of rotatable bonds is 0. The van der Waals surface area contributed by atoms with E-state index in [0.29, 0.717) is 6.61 Å². The first-order chi connectivity index (χ1) is 9.39. The van der Waals surface area contributed by atoms with Crippen LogP contribution in [-0.2, 0) is 9.53 Å². The Balaban J connectivity index is 2.20. The Morgan fingerprint density at radius 3 is 1.74 bits per heavy atom. The molecule has 0 bridgehead atoms. The van der Waals surface area contributed by atoms with Crippen molar-refractivity contribution in [3.63, 3.8) is 0 Å². The summed E-state index contributed by atoms with van der Waals surface area (Å²) >= 11 is 0. The van der Waals surface area contributed by atoms with Crippen molar-refractivity contribution in [2.75, 3.05) is 6.61 Å². The van der Waals surface area contributed by atoms with E-state index in [1.807, 2.05) is 0 Å². The Morgan fingerprint density at radius 1 is 0.684 bits per heavy atom. The quantitative estimate of drug-likeness (QED) is 0.362. The molecule has 0 aromatic carbocycles. The van der Waals surface area contributed by atoms with Crippen LogP contribution in [0, 0.1) is 11.8 Å². The Bertz CT molecular complexity index is 285. The van der Waals surface area contributed by atoms with E-state index >= 15 is 0 Å². The van der Waals surface area contributed by atoms with Gasteiger partial charge in [-0.2, -0.15) is 0 Å². The third-order valence-corrected chi connectivity index (χ3v) is 3.62. The molecule has 0 radical (unpaired) electrons. The lowest BCUT2D eigenvalue weighted by Gasteiger charge is -2.03. The van der Waals surface area contributed by atoms with Crippen LogP contribution in [0.1, 0.15) is 83.5 Å². The predicted octanol–water partition coefficient (Wildman–Crippen LogP) is 4.62. The van der Waals surface area contributed by atoms with Gasteiger partial charge in [-0.1, -0.05) is 70.1 Å². The van der Waals surface area contributed by atoms with Crippen molar-refractivity contribution in [2.24, 2.45) is 0 Å². The van der Waals surface area contributed by atoms with Crippen molar-refractivity contribution in [3.05, 3.63) is 0 Å². The molecule has 0 N–H and O–H groups in total. The van der Waals surface area contributed by atoms with Gasteiger partial charge in [0.25, 0.3) is 0 Å². The molecule has 0 amide bonds. The summed E-state index contributed by atoms with van der Waals surface area (Å²) in [5, 5.41) is 0. The van der Waals surface area contributed by atoms with Gasteiger partial charge in [0, 0.05) is 12.3 Å².